The van der Waals surface area contributed by atoms with Crippen LogP contribution in [0.4, 0.5) is 0 Å². The van der Waals surface area contributed by atoms with Crippen LogP contribution in [0.15, 0.2) is 65.8 Å². The summed E-state index contributed by atoms with van der Waals surface area (Å²) in [7, 11) is 0. The normalized spacial score (nSPS) is 11.4. The molecule has 0 aliphatic rings. The number of nitrogens with zero attached hydrogens (tertiary/aromatic N) is 2. The fourth-order valence-electron chi connectivity index (χ4n) is 1.91. The molecular formula is C17H15ClN2O3. The van der Waals surface area contributed by atoms with Crippen molar-refractivity contribution in [2.45, 2.75) is 0 Å². The van der Waals surface area contributed by atoms with Crippen LogP contribution < -0.4 is 4.74 Å². The quantitative estimate of drug-likeness (QED) is 0.481. The maximum atomic E-state index is 5.83. The lowest BCUT2D eigenvalue weighted by atomic mass is 10.3. The predicted molar refractivity (Wildman–Crippen MR) is 88.0 cm³/mol. The van der Waals surface area contributed by atoms with Gasteiger partial charge in [-0.15, -0.1) is 0 Å². The molecule has 3 rings (SSSR count). The summed E-state index contributed by atoms with van der Waals surface area (Å²) in [5.41, 5.74) is 0. The third-order valence-electron chi connectivity index (χ3n) is 2.98. The molecule has 5 nitrogen and oxygen atoms in total. The van der Waals surface area contributed by atoms with Gasteiger partial charge < -0.3 is 18.5 Å². The Kier molecular flexibility index (Phi) is 5.01. The second-order valence-corrected chi connectivity index (χ2v) is 5.07. The summed E-state index contributed by atoms with van der Waals surface area (Å²) in [6, 6.07) is 10.8. The number of aromatic nitrogens is 2. The number of rotatable bonds is 7. The highest BCUT2D eigenvalue weighted by Gasteiger charge is 2.07. The Balaban J connectivity index is 1.58. The van der Waals surface area contributed by atoms with Crippen LogP contribution in [0.5, 0.6) is 5.75 Å². The van der Waals surface area contributed by atoms with Gasteiger partial charge in [-0.05, 0) is 36.4 Å². The number of imidazole rings is 1. The van der Waals surface area contributed by atoms with E-state index in [4.69, 9.17) is 25.5 Å². The van der Waals surface area contributed by atoms with Gasteiger partial charge in [0.15, 0.2) is 11.5 Å². The average Bonchev–Trinajstić information content (AvgIpc) is 3.25. The van der Waals surface area contributed by atoms with Gasteiger partial charge in [-0.25, -0.2) is 4.98 Å². The minimum absolute atomic E-state index is 0.379. The van der Waals surface area contributed by atoms with Crippen LogP contribution >= 0.6 is 11.6 Å². The van der Waals surface area contributed by atoms with Crippen molar-refractivity contribution in [3.63, 3.8) is 0 Å². The number of hydrogen-bond donors (Lipinski definition) is 0. The molecule has 0 aliphatic carbocycles. The van der Waals surface area contributed by atoms with Gasteiger partial charge in [0.2, 0.25) is 0 Å². The lowest BCUT2D eigenvalue weighted by Crippen LogP contribution is -2.06. The van der Waals surface area contributed by atoms with Crippen LogP contribution in [0.3, 0.4) is 0 Å². The van der Waals surface area contributed by atoms with E-state index in [9.17, 15) is 0 Å². The molecule has 23 heavy (non-hydrogen) atoms. The third-order valence-corrected chi connectivity index (χ3v) is 3.23. The van der Waals surface area contributed by atoms with Crippen LogP contribution in [0.2, 0.25) is 5.02 Å². The van der Waals surface area contributed by atoms with Crippen LogP contribution in [-0.4, -0.2) is 22.8 Å². The van der Waals surface area contributed by atoms with Gasteiger partial charge in [0.1, 0.15) is 19.0 Å². The largest absolute Gasteiger partial charge is 0.490 e. The predicted octanol–water partition coefficient (Wildman–Crippen LogP) is 4.18. The Morgan fingerprint density at radius 2 is 2.09 bits per heavy atom. The second-order valence-electron chi connectivity index (χ2n) is 4.63. The maximum Gasteiger partial charge on any atom is 0.178 e. The van der Waals surface area contributed by atoms with E-state index in [1.165, 1.54) is 0 Å². The lowest BCUT2D eigenvalue weighted by molar-refractivity contribution is 0.192. The molecule has 0 atom stereocenters. The minimum atomic E-state index is 0.379. The van der Waals surface area contributed by atoms with Crippen molar-refractivity contribution >= 4 is 23.6 Å². The van der Waals surface area contributed by atoms with E-state index in [0.717, 1.165) is 5.75 Å². The van der Waals surface area contributed by atoms with Crippen LogP contribution in [0, 0.1) is 0 Å². The van der Waals surface area contributed by atoms with Gasteiger partial charge in [0.25, 0.3) is 0 Å². The summed E-state index contributed by atoms with van der Waals surface area (Å²) < 4.78 is 18.6. The van der Waals surface area contributed by atoms with E-state index in [1.807, 2.05) is 30.5 Å². The molecule has 0 unspecified atom stereocenters. The van der Waals surface area contributed by atoms with Crippen molar-refractivity contribution in [2.24, 2.45) is 0 Å². The molecular weight excluding hydrogens is 316 g/mol. The SMILES string of the molecule is Clc1ccc(OCCOC(=Cn2ccnc2)c2ccco2)cc1. The Hall–Kier alpha value is -2.66. The number of benzene rings is 1. The van der Waals surface area contributed by atoms with Crippen LogP contribution in [0.1, 0.15) is 5.76 Å². The van der Waals surface area contributed by atoms with Gasteiger partial charge in [-0.1, -0.05) is 11.6 Å². The van der Waals surface area contributed by atoms with Gasteiger partial charge in [-0.2, -0.15) is 0 Å². The minimum Gasteiger partial charge on any atom is -0.490 e. The molecule has 6 heteroatoms. The van der Waals surface area contributed by atoms with Crippen molar-refractivity contribution in [1.82, 2.24) is 9.55 Å². The molecule has 0 radical (unpaired) electrons. The topological polar surface area (TPSA) is 49.4 Å². The van der Waals surface area contributed by atoms with E-state index in [-0.39, 0.29) is 0 Å². The van der Waals surface area contributed by atoms with Gasteiger partial charge in [-0.3, -0.25) is 0 Å². The van der Waals surface area contributed by atoms with Crippen LogP contribution in [0.25, 0.3) is 12.0 Å². The zero-order valence-corrected chi connectivity index (χ0v) is 13.0. The molecule has 0 bridgehead atoms. The van der Waals surface area contributed by atoms with Crippen molar-refractivity contribution in [2.75, 3.05) is 13.2 Å². The van der Waals surface area contributed by atoms with E-state index in [2.05, 4.69) is 4.98 Å². The Bertz CT molecular complexity index is 735. The molecule has 1 aromatic carbocycles. The molecule has 0 N–H and O–H groups in total. The fraction of sp³-hybridized carbons (Fsp3) is 0.118. The summed E-state index contributed by atoms with van der Waals surface area (Å²) in [5, 5.41) is 0.678. The molecule has 0 fully saturated rings. The van der Waals surface area contributed by atoms with Gasteiger partial charge in [0, 0.05) is 17.4 Å². The number of hydrogen-bond acceptors (Lipinski definition) is 4. The first-order valence-corrected chi connectivity index (χ1v) is 7.43. The second kappa shape index (κ2) is 7.56. The molecule has 0 saturated heterocycles. The van der Waals surface area contributed by atoms with Crippen molar-refractivity contribution in [3.05, 3.63) is 72.2 Å². The molecule has 2 heterocycles. The van der Waals surface area contributed by atoms with E-state index >= 15 is 0 Å². The summed E-state index contributed by atoms with van der Waals surface area (Å²) in [4.78, 5) is 4.00. The first-order valence-electron chi connectivity index (χ1n) is 7.05. The zero-order valence-electron chi connectivity index (χ0n) is 12.3. The molecule has 0 saturated carbocycles. The Morgan fingerprint density at radius 3 is 2.78 bits per heavy atom. The highest BCUT2D eigenvalue weighted by Crippen LogP contribution is 2.18. The Labute approximate surface area is 138 Å². The van der Waals surface area contributed by atoms with Crippen molar-refractivity contribution in [3.8, 4) is 5.75 Å². The highest BCUT2D eigenvalue weighted by molar-refractivity contribution is 6.30. The molecule has 0 spiro atoms. The summed E-state index contributed by atoms with van der Waals surface area (Å²) >= 11 is 5.83. The molecule has 0 amide bonds. The maximum absolute atomic E-state index is 5.83. The number of halogens is 1. The molecule has 0 aliphatic heterocycles. The summed E-state index contributed by atoms with van der Waals surface area (Å²) in [5.74, 6) is 1.99. The lowest BCUT2D eigenvalue weighted by Gasteiger charge is -2.10. The first kappa shape index (κ1) is 15.2. The van der Waals surface area contributed by atoms with Crippen molar-refractivity contribution < 1.29 is 13.9 Å². The number of ether oxygens (including phenoxy) is 2. The molecule has 118 valence electrons. The molecule has 3 aromatic rings. The smallest absolute Gasteiger partial charge is 0.178 e. The fourth-order valence-corrected chi connectivity index (χ4v) is 2.04. The van der Waals surface area contributed by atoms with Crippen LogP contribution in [-0.2, 0) is 4.74 Å². The van der Waals surface area contributed by atoms with Gasteiger partial charge >= 0.3 is 0 Å². The average molecular weight is 331 g/mol. The highest BCUT2D eigenvalue weighted by atomic mass is 35.5. The first-order chi connectivity index (χ1) is 11.3. The third kappa shape index (κ3) is 4.40. The number of furan rings is 1. The molecule has 2 aromatic heterocycles. The summed E-state index contributed by atoms with van der Waals surface area (Å²) in [6.45, 7) is 0.785. The van der Waals surface area contributed by atoms with E-state index in [1.54, 1.807) is 41.7 Å². The zero-order chi connectivity index (χ0) is 15.9. The standard InChI is InChI=1S/C17H15ClN2O3/c18-14-3-5-15(6-4-14)21-10-11-23-17(16-2-1-9-22-16)12-20-8-7-19-13-20/h1-9,12-13H,10-11H2. The monoisotopic (exact) mass is 330 g/mol. The summed E-state index contributed by atoms with van der Waals surface area (Å²) in [6.07, 6.45) is 8.59. The van der Waals surface area contributed by atoms with Gasteiger partial charge in [0.05, 0.1) is 18.8 Å². The van der Waals surface area contributed by atoms with E-state index in [0.29, 0.717) is 29.8 Å². The van der Waals surface area contributed by atoms with E-state index < -0.39 is 0 Å². The van der Waals surface area contributed by atoms with Crippen molar-refractivity contribution in [1.29, 1.82) is 0 Å². The Morgan fingerprint density at radius 1 is 1.22 bits per heavy atom.